The van der Waals surface area contributed by atoms with Crippen LogP contribution in [0.3, 0.4) is 0 Å². The highest BCUT2D eigenvalue weighted by atomic mass is 32.1. The number of ether oxygens (including phenoxy) is 1. The average molecular weight is 417 g/mol. The highest BCUT2D eigenvalue weighted by Crippen LogP contribution is 2.41. The van der Waals surface area contributed by atoms with Crippen molar-refractivity contribution in [1.29, 1.82) is 0 Å². The number of aromatic nitrogens is 1. The zero-order valence-electron chi connectivity index (χ0n) is 17.4. The number of hydrogen-bond acceptors (Lipinski definition) is 6. The molecule has 0 saturated heterocycles. The first kappa shape index (κ1) is 21.8. The minimum absolute atomic E-state index is 0.00424. The summed E-state index contributed by atoms with van der Waals surface area (Å²) in [6, 6.07) is 6.03. The van der Waals surface area contributed by atoms with Crippen molar-refractivity contribution in [2.24, 2.45) is 11.8 Å². The summed E-state index contributed by atoms with van der Waals surface area (Å²) in [4.78, 5) is 17.9. The number of thiazole rings is 1. The van der Waals surface area contributed by atoms with E-state index in [9.17, 15) is 9.90 Å². The number of aliphatic hydroxyl groups excluding tert-OH is 1. The maximum atomic E-state index is 12.2. The van der Waals surface area contributed by atoms with Crippen molar-refractivity contribution in [3.8, 4) is 10.4 Å². The molecular formula is C23H32N2O3S. The van der Waals surface area contributed by atoms with Crippen LogP contribution >= 0.6 is 11.3 Å². The summed E-state index contributed by atoms with van der Waals surface area (Å²) in [5.74, 6) is 0.324. The van der Waals surface area contributed by atoms with Gasteiger partial charge in [0.15, 0.2) is 0 Å². The van der Waals surface area contributed by atoms with Crippen molar-refractivity contribution in [1.82, 2.24) is 4.98 Å². The Kier molecular flexibility index (Phi) is 7.67. The number of unbranched alkanes of at least 4 members (excludes halogenated alkanes) is 1. The molecule has 2 aromatic rings. The van der Waals surface area contributed by atoms with Gasteiger partial charge in [-0.2, -0.15) is 0 Å². The van der Waals surface area contributed by atoms with Gasteiger partial charge < -0.3 is 15.6 Å². The molecule has 1 fully saturated rings. The van der Waals surface area contributed by atoms with E-state index in [1.807, 2.05) is 25.3 Å². The van der Waals surface area contributed by atoms with Crippen molar-refractivity contribution in [2.75, 3.05) is 18.9 Å². The molecule has 1 aromatic heterocycles. The van der Waals surface area contributed by atoms with Crippen LogP contribution in [0.4, 0.5) is 5.69 Å². The van der Waals surface area contributed by atoms with Gasteiger partial charge in [-0.15, -0.1) is 11.3 Å². The Morgan fingerprint density at radius 3 is 2.72 bits per heavy atom. The van der Waals surface area contributed by atoms with Gasteiger partial charge in [-0.3, -0.25) is 4.79 Å². The van der Waals surface area contributed by atoms with Crippen LogP contribution < -0.4 is 5.73 Å². The molecule has 1 aliphatic carbocycles. The number of carbonyl (C=O) groups is 1. The highest BCUT2D eigenvalue weighted by molar-refractivity contribution is 7.15. The van der Waals surface area contributed by atoms with Gasteiger partial charge in [0.1, 0.15) is 0 Å². The van der Waals surface area contributed by atoms with Crippen LogP contribution in [0.25, 0.3) is 10.4 Å². The fraction of sp³-hybridized carbons (Fsp3) is 0.565. The van der Waals surface area contributed by atoms with E-state index in [4.69, 9.17) is 10.5 Å². The van der Waals surface area contributed by atoms with Crippen LogP contribution in [0.2, 0.25) is 0 Å². The van der Waals surface area contributed by atoms with Crippen LogP contribution in [0, 0.1) is 18.8 Å². The smallest absolute Gasteiger partial charge is 0.308 e. The molecule has 1 unspecified atom stereocenters. The van der Waals surface area contributed by atoms with E-state index in [1.54, 1.807) is 11.3 Å². The molecule has 5 nitrogen and oxygen atoms in total. The third kappa shape index (κ3) is 5.58. The predicted molar refractivity (Wildman–Crippen MR) is 118 cm³/mol. The summed E-state index contributed by atoms with van der Waals surface area (Å²) >= 11 is 1.63. The van der Waals surface area contributed by atoms with Gasteiger partial charge in [0.2, 0.25) is 0 Å². The molecule has 0 bridgehead atoms. The van der Waals surface area contributed by atoms with Crippen molar-refractivity contribution >= 4 is 23.0 Å². The first-order valence-electron chi connectivity index (χ1n) is 10.6. The lowest BCUT2D eigenvalue weighted by molar-refractivity contribution is -0.150. The summed E-state index contributed by atoms with van der Waals surface area (Å²) in [7, 11) is 0. The number of aryl methyl sites for hydroxylation is 1. The summed E-state index contributed by atoms with van der Waals surface area (Å²) in [6.07, 6.45) is 7.34. The Labute approximate surface area is 177 Å². The maximum absolute atomic E-state index is 12.2. The zero-order valence-corrected chi connectivity index (χ0v) is 18.2. The number of hydrogen-bond donors (Lipinski definition) is 2. The number of carbonyl (C=O) groups excluding carboxylic acids is 1. The largest absolute Gasteiger partial charge is 0.465 e. The van der Waals surface area contributed by atoms with Gasteiger partial charge in [0.25, 0.3) is 0 Å². The quantitative estimate of drug-likeness (QED) is 0.362. The molecule has 0 spiro atoms. The van der Waals surface area contributed by atoms with Crippen molar-refractivity contribution in [3.63, 3.8) is 0 Å². The second-order valence-electron chi connectivity index (χ2n) is 8.12. The van der Waals surface area contributed by atoms with Crippen molar-refractivity contribution in [2.45, 2.75) is 58.3 Å². The third-order valence-electron chi connectivity index (χ3n) is 5.84. The van der Waals surface area contributed by atoms with E-state index in [2.05, 4.69) is 18.0 Å². The molecule has 1 aliphatic rings. The lowest BCUT2D eigenvalue weighted by Gasteiger charge is -2.31. The normalized spacial score (nSPS) is 20.4. The molecule has 6 heteroatoms. The number of benzene rings is 1. The molecule has 3 rings (SSSR count). The fourth-order valence-corrected chi connectivity index (χ4v) is 5.26. The fourth-order valence-electron chi connectivity index (χ4n) is 4.17. The highest BCUT2D eigenvalue weighted by Gasteiger charge is 2.33. The maximum Gasteiger partial charge on any atom is 0.308 e. The summed E-state index contributed by atoms with van der Waals surface area (Å²) < 4.78 is 5.39. The van der Waals surface area contributed by atoms with Gasteiger partial charge in [0, 0.05) is 17.8 Å². The van der Waals surface area contributed by atoms with Gasteiger partial charge in [-0.25, -0.2) is 4.98 Å². The Hall–Kier alpha value is -1.92. The first-order valence-corrected chi connectivity index (χ1v) is 11.4. The number of esters is 1. The topological polar surface area (TPSA) is 85.4 Å². The lowest BCUT2D eigenvalue weighted by atomic mass is 9.76. The summed E-state index contributed by atoms with van der Waals surface area (Å²) in [6.45, 7) is 4.73. The Morgan fingerprint density at radius 1 is 1.31 bits per heavy atom. The predicted octanol–water partition coefficient (Wildman–Crippen LogP) is 4.93. The number of nitrogens with two attached hydrogens (primary N) is 1. The molecule has 0 radical (unpaired) electrons. The van der Waals surface area contributed by atoms with E-state index < -0.39 is 0 Å². The van der Waals surface area contributed by atoms with E-state index in [1.165, 1.54) is 0 Å². The standard InChI is InChI=1S/C23H32N2O3S/c1-3-4-9-28-23(27)17-7-5-16(6-8-17)20(14-26)22-25-13-21(29-22)18-10-15(2)11-19(24)12-18/h10-13,16-17,20,26H,3-9,14,24H2,1-2H3. The Balaban J connectivity index is 1.62. The second kappa shape index (κ2) is 10.2. The minimum Gasteiger partial charge on any atom is -0.465 e. The van der Waals surface area contributed by atoms with E-state index in [0.29, 0.717) is 12.5 Å². The van der Waals surface area contributed by atoms with Crippen LogP contribution in [0.15, 0.2) is 24.4 Å². The third-order valence-corrected chi connectivity index (χ3v) is 7.02. The number of rotatable bonds is 8. The first-order chi connectivity index (χ1) is 14.0. The molecule has 1 saturated carbocycles. The van der Waals surface area contributed by atoms with Crippen molar-refractivity contribution < 1.29 is 14.6 Å². The van der Waals surface area contributed by atoms with Gasteiger partial charge in [-0.05, 0) is 68.2 Å². The molecular weight excluding hydrogens is 384 g/mol. The van der Waals surface area contributed by atoms with E-state index in [0.717, 1.165) is 65.2 Å². The van der Waals surface area contributed by atoms with Crippen LogP contribution in [-0.2, 0) is 9.53 Å². The molecule has 0 aliphatic heterocycles. The number of nitrogens with zero attached hydrogens (tertiary/aromatic N) is 1. The Morgan fingerprint density at radius 2 is 2.07 bits per heavy atom. The van der Waals surface area contributed by atoms with Gasteiger partial charge in [0.05, 0.1) is 29.0 Å². The SMILES string of the molecule is CCCCOC(=O)C1CCC(C(CO)c2ncc(-c3cc(C)cc(N)c3)s2)CC1. The second-order valence-corrected chi connectivity index (χ2v) is 9.18. The lowest BCUT2D eigenvalue weighted by Crippen LogP contribution is -2.27. The molecule has 1 heterocycles. The average Bonchev–Trinajstić information content (AvgIpc) is 3.18. The Bertz CT molecular complexity index is 792. The van der Waals surface area contributed by atoms with Gasteiger partial charge >= 0.3 is 5.97 Å². The summed E-state index contributed by atoms with van der Waals surface area (Å²) in [5.41, 5.74) is 8.93. The van der Waals surface area contributed by atoms with Crippen LogP contribution in [0.5, 0.6) is 0 Å². The van der Waals surface area contributed by atoms with Crippen LogP contribution in [-0.4, -0.2) is 29.3 Å². The number of anilines is 1. The number of nitrogen functional groups attached to an aromatic ring is 1. The van der Waals surface area contributed by atoms with Gasteiger partial charge in [-0.1, -0.05) is 19.4 Å². The monoisotopic (exact) mass is 416 g/mol. The van der Waals surface area contributed by atoms with Crippen molar-refractivity contribution in [3.05, 3.63) is 35.0 Å². The molecule has 29 heavy (non-hydrogen) atoms. The molecule has 158 valence electrons. The summed E-state index contributed by atoms with van der Waals surface area (Å²) in [5, 5.41) is 11.0. The van der Waals surface area contributed by atoms with E-state index in [-0.39, 0.29) is 24.4 Å². The molecule has 1 aromatic carbocycles. The molecule has 1 atom stereocenters. The minimum atomic E-state index is -0.0500. The molecule has 0 amide bonds. The number of aliphatic hydroxyl groups is 1. The molecule has 3 N–H and O–H groups in total. The zero-order chi connectivity index (χ0) is 20.8. The van der Waals surface area contributed by atoms with Crippen LogP contribution in [0.1, 0.15) is 61.9 Å². The van der Waals surface area contributed by atoms with E-state index >= 15 is 0 Å².